The average Bonchev–Trinajstić information content (AvgIpc) is 3.46. The highest BCUT2D eigenvalue weighted by atomic mass is 35.5. The number of carbonyl (C=O) groups excluding carboxylic acids is 4. The van der Waals surface area contributed by atoms with Crippen LogP contribution in [0.15, 0.2) is 24.4 Å². The van der Waals surface area contributed by atoms with Gasteiger partial charge in [0.1, 0.15) is 9.34 Å². The smallest absolute Gasteiger partial charge is 0.342 e. The molecule has 2 aromatic rings. The van der Waals surface area contributed by atoms with Gasteiger partial charge in [0.05, 0.1) is 12.6 Å². The maximum Gasteiger partial charge on any atom is 0.373 e. The monoisotopic (exact) mass is 475 g/mol. The van der Waals surface area contributed by atoms with Gasteiger partial charge in [-0.25, -0.2) is 4.98 Å². The molecule has 0 aliphatic carbocycles. The zero-order valence-corrected chi connectivity index (χ0v) is 19.8. The zero-order chi connectivity index (χ0) is 23.3. The molecule has 7 nitrogen and oxygen atoms in total. The number of benzene rings is 1. The first-order valence-electron chi connectivity index (χ1n) is 10.6. The molecule has 1 spiro atoms. The Morgan fingerprint density at radius 1 is 1.28 bits per heavy atom. The highest BCUT2D eigenvalue weighted by Crippen LogP contribution is 2.47. The molecule has 1 unspecified atom stereocenters. The quantitative estimate of drug-likeness (QED) is 0.658. The van der Waals surface area contributed by atoms with Crippen LogP contribution in [0.25, 0.3) is 0 Å². The van der Waals surface area contributed by atoms with Crippen molar-refractivity contribution >= 4 is 46.6 Å². The summed E-state index contributed by atoms with van der Waals surface area (Å²) in [6.07, 6.45) is 6.34. The van der Waals surface area contributed by atoms with E-state index in [1.165, 1.54) is 22.5 Å². The topological polar surface area (TPSA) is 87.7 Å². The number of halogens is 1. The van der Waals surface area contributed by atoms with E-state index in [0.29, 0.717) is 17.4 Å². The van der Waals surface area contributed by atoms with Gasteiger partial charge < -0.3 is 9.80 Å². The predicted octanol–water partition coefficient (Wildman–Crippen LogP) is 3.63. The van der Waals surface area contributed by atoms with Crippen LogP contribution in [0.1, 0.15) is 49.2 Å². The molecule has 0 bridgehead atoms. The Labute approximate surface area is 196 Å². The number of amides is 2. The van der Waals surface area contributed by atoms with Crippen molar-refractivity contribution in [1.82, 2.24) is 9.88 Å². The Morgan fingerprint density at radius 3 is 2.62 bits per heavy atom. The number of aromatic nitrogens is 1. The predicted molar refractivity (Wildman–Crippen MR) is 122 cm³/mol. The molecule has 1 aromatic heterocycles. The Morgan fingerprint density at radius 2 is 2.03 bits per heavy atom. The van der Waals surface area contributed by atoms with Crippen molar-refractivity contribution in [2.75, 3.05) is 24.5 Å². The maximum absolute atomic E-state index is 13.2. The second-order valence-electron chi connectivity index (χ2n) is 8.22. The number of rotatable bonds is 5. The number of anilines is 1. The Kier molecular flexibility index (Phi) is 7.82. The lowest BCUT2D eigenvalue weighted by Gasteiger charge is -2.25. The summed E-state index contributed by atoms with van der Waals surface area (Å²) in [4.78, 5) is 49.5. The number of unbranched alkanes of at least 4 members (excludes halogenated alkanes) is 1. The molecule has 2 amide bonds. The summed E-state index contributed by atoms with van der Waals surface area (Å²) in [5, 5.41) is 0.735. The fraction of sp³-hybridized carbons (Fsp3) is 0.478. The molecule has 3 heterocycles. The highest BCUT2D eigenvalue weighted by Gasteiger charge is 2.49. The van der Waals surface area contributed by atoms with E-state index in [0.717, 1.165) is 42.9 Å². The second-order valence-corrected chi connectivity index (χ2v) is 9.97. The number of hydrogen-bond donors (Lipinski definition) is 0. The van der Waals surface area contributed by atoms with Gasteiger partial charge >= 0.3 is 6.15 Å². The first-order chi connectivity index (χ1) is 15.3. The van der Waals surface area contributed by atoms with Gasteiger partial charge in [0, 0.05) is 37.7 Å². The van der Waals surface area contributed by atoms with Gasteiger partial charge in [-0.2, -0.15) is 9.59 Å². The van der Waals surface area contributed by atoms with Crippen LogP contribution in [0.4, 0.5) is 5.69 Å². The van der Waals surface area contributed by atoms with E-state index in [1.54, 1.807) is 13.1 Å². The van der Waals surface area contributed by atoms with Crippen LogP contribution in [0.5, 0.6) is 0 Å². The van der Waals surface area contributed by atoms with Gasteiger partial charge in [-0.3, -0.25) is 9.59 Å². The highest BCUT2D eigenvalue weighted by molar-refractivity contribution is 7.15. The van der Waals surface area contributed by atoms with Crippen molar-refractivity contribution in [3.8, 4) is 0 Å². The number of carbonyl (C=O) groups is 2. The van der Waals surface area contributed by atoms with Gasteiger partial charge in [0.2, 0.25) is 11.8 Å². The largest absolute Gasteiger partial charge is 0.373 e. The van der Waals surface area contributed by atoms with Crippen molar-refractivity contribution in [2.24, 2.45) is 0 Å². The van der Waals surface area contributed by atoms with Crippen molar-refractivity contribution in [2.45, 2.75) is 51.4 Å². The van der Waals surface area contributed by atoms with E-state index in [-0.39, 0.29) is 29.8 Å². The lowest BCUT2D eigenvalue weighted by atomic mass is 9.80. The van der Waals surface area contributed by atoms with E-state index >= 15 is 0 Å². The number of fused-ring (bicyclic) bond motifs is 2. The number of hydrogen-bond acceptors (Lipinski definition) is 6. The van der Waals surface area contributed by atoms with E-state index in [9.17, 15) is 9.59 Å². The Bertz CT molecular complexity index is 1030. The SMILES string of the molecule is CCCCc1ccc2c(c1)C1(CCN(C(C)=O)C1)CN2C(=O)Cc1ncc(Cl)s1.O=C=O. The van der Waals surface area contributed by atoms with Crippen LogP contribution in [-0.2, 0) is 37.4 Å². The normalized spacial score (nSPS) is 18.8. The van der Waals surface area contributed by atoms with Gasteiger partial charge in [0.15, 0.2) is 0 Å². The maximum atomic E-state index is 13.2. The summed E-state index contributed by atoms with van der Waals surface area (Å²) in [6, 6.07) is 6.52. The van der Waals surface area contributed by atoms with Gasteiger partial charge in [-0.1, -0.05) is 37.1 Å². The van der Waals surface area contributed by atoms with Crippen molar-refractivity contribution in [3.63, 3.8) is 0 Å². The molecular formula is C23H26ClN3O4S. The van der Waals surface area contributed by atoms with Gasteiger partial charge in [0.25, 0.3) is 0 Å². The molecule has 0 N–H and O–H groups in total. The minimum absolute atomic E-state index is 0.0386. The molecule has 0 radical (unpaired) electrons. The fourth-order valence-corrected chi connectivity index (χ4v) is 5.51. The fourth-order valence-electron chi connectivity index (χ4n) is 4.56. The third-order valence-corrected chi connectivity index (χ3v) is 7.25. The Hall–Kier alpha value is -2.54. The molecular weight excluding hydrogens is 450 g/mol. The van der Waals surface area contributed by atoms with E-state index in [1.807, 2.05) is 9.80 Å². The summed E-state index contributed by atoms with van der Waals surface area (Å²) in [6.45, 7) is 5.88. The molecule has 2 aliphatic rings. The number of thiazole rings is 1. The van der Waals surface area contributed by atoms with Gasteiger partial charge in [-0.15, -0.1) is 11.3 Å². The minimum atomic E-state index is -0.167. The lowest BCUT2D eigenvalue weighted by molar-refractivity contribution is -0.191. The summed E-state index contributed by atoms with van der Waals surface area (Å²) in [7, 11) is 0. The molecule has 1 fully saturated rings. The van der Waals surface area contributed by atoms with Gasteiger partial charge in [-0.05, 0) is 36.5 Å². The van der Waals surface area contributed by atoms with E-state index < -0.39 is 0 Å². The standard InChI is InChI=1S/C22H26ClN3O2S.CO2/c1-3-4-5-16-6-7-18-17(10-16)22(8-9-25(13-22)15(2)27)14-26(18)21(28)11-20-24-12-19(23)29-20;2-1-3/h6-7,10,12H,3-5,8-9,11,13-14H2,1-2H3;. The first-order valence-corrected chi connectivity index (χ1v) is 11.8. The number of aryl methyl sites for hydroxylation is 1. The number of nitrogens with zero attached hydrogens (tertiary/aromatic N) is 3. The third kappa shape index (κ3) is 5.09. The molecule has 0 saturated carbocycles. The molecule has 1 saturated heterocycles. The molecule has 170 valence electrons. The van der Waals surface area contributed by atoms with Crippen LogP contribution in [0.2, 0.25) is 4.34 Å². The summed E-state index contributed by atoms with van der Waals surface area (Å²) in [5.74, 6) is 0.143. The van der Waals surface area contributed by atoms with Crippen molar-refractivity contribution in [3.05, 3.63) is 44.9 Å². The molecule has 9 heteroatoms. The van der Waals surface area contributed by atoms with Crippen LogP contribution in [0, 0.1) is 0 Å². The first kappa shape index (κ1) is 24.1. The minimum Gasteiger partial charge on any atom is -0.342 e. The average molecular weight is 476 g/mol. The number of likely N-dealkylation sites (tertiary alicyclic amines) is 1. The van der Waals surface area contributed by atoms with Crippen LogP contribution < -0.4 is 4.90 Å². The van der Waals surface area contributed by atoms with Crippen LogP contribution in [-0.4, -0.2) is 47.5 Å². The summed E-state index contributed by atoms with van der Waals surface area (Å²) >= 11 is 7.33. The molecule has 32 heavy (non-hydrogen) atoms. The zero-order valence-electron chi connectivity index (χ0n) is 18.2. The van der Waals surface area contributed by atoms with Crippen molar-refractivity contribution < 1.29 is 19.2 Å². The summed E-state index contributed by atoms with van der Waals surface area (Å²) in [5.41, 5.74) is 3.36. The summed E-state index contributed by atoms with van der Waals surface area (Å²) < 4.78 is 0.597. The van der Waals surface area contributed by atoms with Crippen LogP contribution >= 0.6 is 22.9 Å². The Balaban J connectivity index is 0.000000913. The second kappa shape index (κ2) is 10.4. The van der Waals surface area contributed by atoms with E-state index in [2.05, 4.69) is 30.1 Å². The molecule has 4 rings (SSSR count). The third-order valence-electron chi connectivity index (χ3n) is 6.13. The lowest BCUT2D eigenvalue weighted by Crippen LogP contribution is -2.40. The van der Waals surface area contributed by atoms with Crippen molar-refractivity contribution in [1.29, 1.82) is 0 Å². The molecule has 1 atom stereocenters. The van der Waals surface area contributed by atoms with Crippen LogP contribution in [0.3, 0.4) is 0 Å². The molecule has 1 aromatic carbocycles. The molecule has 2 aliphatic heterocycles. The van der Waals surface area contributed by atoms with E-state index in [4.69, 9.17) is 21.2 Å².